The van der Waals surface area contributed by atoms with Crippen molar-refractivity contribution in [3.8, 4) is 0 Å². The number of rotatable bonds is 10. The number of pyridine rings is 1. The fourth-order valence-corrected chi connectivity index (χ4v) is 3.34. The summed E-state index contributed by atoms with van der Waals surface area (Å²) in [6.45, 7) is 12.7. The number of piperidine rings is 1. The highest BCUT2D eigenvalue weighted by Crippen LogP contribution is 2.19. The lowest BCUT2D eigenvalue weighted by Gasteiger charge is -2.31. The van der Waals surface area contributed by atoms with E-state index in [4.69, 9.17) is 0 Å². The maximum atomic E-state index is 4.20. The lowest BCUT2D eigenvalue weighted by Crippen LogP contribution is -2.38. The van der Waals surface area contributed by atoms with Gasteiger partial charge in [-0.15, -0.1) is 0 Å². The van der Waals surface area contributed by atoms with Crippen molar-refractivity contribution < 1.29 is 0 Å². The van der Waals surface area contributed by atoms with Crippen LogP contribution in [0.1, 0.15) is 38.3 Å². The van der Waals surface area contributed by atoms with E-state index in [9.17, 15) is 0 Å². The number of hydrogen-bond acceptors (Lipinski definition) is 3. The van der Waals surface area contributed by atoms with Crippen molar-refractivity contribution in [1.82, 2.24) is 15.2 Å². The van der Waals surface area contributed by atoms with E-state index in [2.05, 4.69) is 66.0 Å². The van der Waals surface area contributed by atoms with E-state index in [1.165, 1.54) is 31.5 Å². The van der Waals surface area contributed by atoms with E-state index < -0.39 is 0 Å². The quantitative estimate of drug-likeness (QED) is 0.470. The molecule has 1 aliphatic rings. The first-order chi connectivity index (χ1) is 13.2. The lowest BCUT2D eigenvalue weighted by atomic mass is 9.95. The molecule has 0 amide bonds. The summed E-state index contributed by atoms with van der Waals surface area (Å²) < 4.78 is 0. The fraction of sp³-hybridized carbons (Fsp3) is 0.458. The Bertz CT molecular complexity index is 610. The summed E-state index contributed by atoms with van der Waals surface area (Å²) in [4.78, 5) is 6.78. The van der Waals surface area contributed by atoms with Gasteiger partial charge in [0.15, 0.2) is 0 Å². The van der Waals surface area contributed by atoms with Crippen LogP contribution in [0.5, 0.6) is 0 Å². The van der Waals surface area contributed by atoms with E-state index in [0.717, 1.165) is 19.0 Å². The molecular weight excluding hydrogens is 330 g/mol. The van der Waals surface area contributed by atoms with E-state index in [-0.39, 0.29) is 0 Å². The highest BCUT2D eigenvalue weighted by molar-refractivity contribution is 5.13. The molecule has 0 saturated carbocycles. The van der Waals surface area contributed by atoms with Crippen LogP contribution in [0.15, 0.2) is 73.6 Å². The van der Waals surface area contributed by atoms with Crippen molar-refractivity contribution in [1.29, 1.82) is 0 Å². The van der Waals surface area contributed by atoms with Crippen LogP contribution < -0.4 is 5.32 Å². The minimum absolute atomic E-state index is 0.357. The lowest BCUT2D eigenvalue weighted by molar-refractivity contribution is 0.202. The number of hydrogen-bond donors (Lipinski definition) is 1. The van der Waals surface area contributed by atoms with Crippen LogP contribution in [0.25, 0.3) is 0 Å². The summed E-state index contributed by atoms with van der Waals surface area (Å²) in [7, 11) is 0. The molecule has 0 aliphatic carbocycles. The van der Waals surface area contributed by atoms with Crippen LogP contribution in [-0.4, -0.2) is 36.1 Å². The highest BCUT2D eigenvalue weighted by Gasteiger charge is 2.17. The molecule has 2 unspecified atom stereocenters. The van der Waals surface area contributed by atoms with Crippen LogP contribution in [0.2, 0.25) is 0 Å². The second-order valence-corrected chi connectivity index (χ2v) is 7.39. The Kier molecular flexibility index (Phi) is 9.81. The molecule has 1 saturated heterocycles. The van der Waals surface area contributed by atoms with Crippen molar-refractivity contribution in [3.05, 3.63) is 79.2 Å². The van der Waals surface area contributed by atoms with Gasteiger partial charge in [0, 0.05) is 31.5 Å². The Morgan fingerprint density at radius 2 is 2.04 bits per heavy atom. The molecule has 27 heavy (non-hydrogen) atoms. The topological polar surface area (TPSA) is 28.2 Å². The Labute approximate surface area is 165 Å². The van der Waals surface area contributed by atoms with Crippen molar-refractivity contribution in [3.63, 3.8) is 0 Å². The molecule has 0 bridgehead atoms. The number of aromatic nitrogens is 1. The first-order valence-corrected chi connectivity index (χ1v) is 10.2. The molecule has 0 radical (unpaired) electrons. The third kappa shape index (κ3) is 8.51. The van der Waals surface area contributed by atoms with Gasteiger partial charge in [0.25, 0.3) is 0 Å². The third-order valence-electron chi connectivity index (χ3n) is 5.16. The van der Waals surface area contributed by atoms with Crippen LogP contribution >= 0.6 is 0 Å². The molecule has 2 atom stereocenters. The van der Waals surface area contributed by atoms with Gasteiger partial charge < -0.3 is 10.2 Å². The predicted molar refractivity (Wildman–Crippen MR) is 117 cm³/mol. The zero-order chi connectivity index (χ0) is 19.3. The van der Waals surface area contributed by atoms with Gasteiger partial charge in [0.05, 0.1) is 0 Å². The summed E-state index contributed by atoms with van der Waals surface area (Å²) in [6, 6.07) is 4.49. The summed E-state index contributed by atoms with van der Waals surface area (Å²) in [5, 5.41) is 3.61. The average molecular weight is 366 g/mol. The SMILES string of the molecule is C=C/C=C\C=C/C(C)/C=C\C1CCN(CCNC(C)c2cccnc2)CC1. The molecule has 1 aromatic rings. The van der Waals surface area contributed by atoms with Gasteiger partial charge in [-0.25, -0.2) is 0 Å². The van der Waals surface area contributed by atoms with Crippen molar-refractivity contribution >= 4 is 0 Å². The van der Waals surface area contributed by atoms with E-state index in [1.54, 1.807) is 6.08 Å². The van der Waals surface area contributed by atoms with Gasteiger partial charge in [-0.05, 0) is 56.3 Å². The second-order valence-electron chi connectivity index (χ2n) is 7.39. The summed E-state index contributed by atoms with van der Waals surface area (Å²) >= 11 is 0. The Hall–Kier alpha value is -1.97. The number of allylic oxidation sites excluding steroid dienone is 7. The van der Waals surface area contributed by atoms with E-state index in [0.29, 0.717) is 12.0 Å². The Morgan fingerprint density at radius 3 is 2.74 bits per heavy atom. The summed E-state index contributed by atoms with van der Waals surface area (Å²) in [6.07, 6.45) is 21.2. The fourth-order valence-electron chi connectivity index (χ4n) is 3.34. The van der Waals surface area contributed by atoms with E-state index >= 15 is 0 Å². The van der Waals surface area contributed by atoms with Crippen molar-refractivity contribution in [2.24, 2.45) is 11.8 Å². The van der Waals surface area contributed by atoms with Crippen molar-refractivity contribution in [2.45, 2.75) is 32.7 Å². The van der Waals surface area contributed by atoms with Crippen LogP contribution in [0.4, 0.5) is 0 Å². The summed E-state index contributed by atoms with van der Waals surface area (Å²) in [5.41, 5.74) is 1.25. The van der Waals surface area contributed by atoms with E-state index in [1.807, 2.05) is 30.6 Å². The van der Waals surface area contributed by atoms with Gasteiger partial charge in [-0.3, -0.25) is 4.98 Å². The zero-order valence-electron chi connectivity index (χ0n) is 16.9. The minimum atomic E-state index is 0.357. The molecular formula is C24H35N3. The molecule has 0 spiro atoms. The smallest absolute Gasteiger partial charge is 0.0315 e. The third-order valence-corrected chi connectivity index (χ3v) is 5.16. The largest absolute Gasteiger partial charge is 0.309 e. The molecule has 146 valence electrons. The molecule has 3 nitrogen and oxygen atoms in total. The van der Waals surface area contributed by atoms with Crippen molar-refractivity contribution in [2.75, 3.05) is 26.2 Å². The molecule has 2 heterocycles. The molecule has 0 aromatic carbocycles. The van der Waals surface area contributed by atoms with Crippen LogP contribution in [0, 0.1) is 11.8 Å². The van der Waals surface area contributed by atoms with Gasteiger partial charge in [-0.2, -0.15) is 0 Å². The first kappa shape index (κ1) is 21.3. The average Bonchev–Trinajstić information content (AvgIpc) is 2.71. The Balaban J connectivity index is 1.62. The van der Waals surface area contributed by atoms with Gasteiger partial charge in [0.1, 0.15) is 0 Å². The Morgan fingerprint density at radius 1 is 1.22 bits per heavy atom. The van der Waals surface area contributed by atoms with Gasteiger partial charge in [-0.1, -0.05) is 62.1 Å². The zero-order valence-corrected chi connectivity index (χ0v) is 16.9. The summed E-state index contributed by atoms with van der Waals surface area (Å²) in [5.74, 6) is 1.21. The molecule has 3 heteroatoms. The maximum absolute atomic E-state index is 4.20. The number of nitrogens with zero attached hydrogens (tertiary/aromatic N) is 2. The number of nitrogens with one attached hydrogen (secondary N) is 1. The van der Waals surface area contributed by atoms with Crippen LogP contribution in [0.3, 0.4) is 0 Å². The number of likely N-dealkylation sites (tertiary alicyclic amines) is 1. The molecule has 1 aliphatic heterocycles. The second kappa shape index (κ2) is 12.4. The molecule has 1 fully saturated rings. The highest BCUT2D eigenvalue weighted by atomic mass is 15.1. The predicted octanol–water partition coefficient (Wildman–Crippen LogP) is 4.93. The minimum Gasteiger partial charge on any atom is -0.309 e. The van der Waals surface area contributed by atoms with Gasteiger partial charge in [0.2, 0.25) is 0 Å². The molecule has 1 N–H and O–H groups in total. The monoisotopic (exact) mass is 365 g/mol. The first-order valence-electron chi connectivity index (χ1n) is 10.2. The molecule has 2 rings (SSSR count). The van der Waals surface area contributed by atoms with Crippen LogP contribution in [-0.2, 0) is 0 Å². The normalized spacial score (nSPS) is 19.2. The van der Waals surface area contributed by atoms with Gasteiger partial charge >= 0.3 is 0 Å². The maximum Gasteiger partial charge on any atom is 0.0315 e. The molecule has 1 aromatic heterocycles. The standard InChI is InChI=1S/C24H35N3/c1-4-5-6-7-9-21(2)11-12-23-13-17-27(18-14-23)19-16-26-22(3)24-10-8-15-25-20-24/h4-12,15,20-23,26H,1,13-14,16-19H2,2-3H3/b6-5-,9-7-,12-11-.